The number of hydrogen-bond acceptors (Lipinski definition) is 7. The van der Waals surface area contributed by atoms with E-state index < -0.39 is 69.6 Å². The molecule has 2 fully saturated rings. The topological polar surface area (TPSA) is 165 Å². The van der Waals surface area contributed by atoms with Crippen molar-refractivity contribution in [3.63, 3.8) is 0 Å². The quantitative estimate of drug-likeness (QED) is 0.290. The van der Waals surface area contributed by atoms with Gasteiger partial charge in [-0.2, -0.15) is 13.2 Å². The second-order valence-corrected chi connectivity index (χ2v) is 13.9. The number of thioether (sulfide) groups is 1. The van der Waals surface area contributed by atoms with Gasteiger partial charge in [-0.25, -0.2) is 18.0 Å². The first-order chi connectivity index (χ1) is 21.7. The highest BCUT2D eigenvalue weighted by Gasteiger charge is 2.36. The van der Waals surface area contributed by atoms with Crippen LogP contribution >= 0.6 is 11.8 Å². The number of carbonyl (C=O) groups is 4. The van der Waals surface area contributed by atoms with Crippen LogP contribution in [0.1, 0.15) is 35.2 Å². The molecule has 2 aliphatic rings. The highest BCUT2D eigenvalue weighted by Crippen LogP contribution is 2.32. The second kappa shape index (κ2) is 14.6. The fraction of sp³-hybridized carbons (Fsp3) is 0.448. The van der Waals surface area contributed by atoms with Gasteiger partial charge in [-0.15, -0.1) is 11.8 Å². The van der Waals surface area contributed by atoms with Gasteiger partial charge in [-0.05, 0) is 73.9 Å². The minimum atomic E-state index is -4.78. The van der Waals surface area contributed by atoms with Crippen molar-refractivity contribution in [3.8, 4) is 0 Å². The summed E-state index contributed by atoms with van der Waals surface area (Å²) in [6.45, 7) is 0.0443. The number of likely N-dealkylation sites (tertiary alicyclic amines) is 2. The fourth-order valence-electron chi connectivity index (χ4n) is 5.34. The molecule has 2 aliphatic heterocycles. The molecule has 2 aromatic rings. The number of carbonyl (C=O) groups excluding carboxylic acids is 3. The molecule has 0 saturated carbocycles. The summed E-state index contributed by atoms with van der Waals surface area (Å²) in [6, 6.07) is 7.05. The lowest BCUT2D eigenvalue weighted by molar-refractivity contribution is -0.137. The molecule has 2 atom stereocenters. The molecule has 17 heteroatoms. The number of nitrogens with one attached hydrogen (secondary N) is 3. The molecule has 46 heavy (non-hydrogen) atoms. The molecule has 2 saturated heterocycles. The zero-order valence-electron chi connectivity index (χ0n) is 24.8. The Morgan fingerprint density at radius 3 is 2.28 bits per heavy atom. The third-order valence-corrected chi connectivity index (χ3v) is 10.5. The zero-order valence-corrected chi connectivity index (χ0v) is 26.4. The van der Waals surface area contributed by atoms with Crippen LogP contribution in [-0.2, 0) is 20.8 Å². The average molecular weight is 686 g/mol. The molecule has 0 aliphatic carbocycles. The summed E-state index contributed by atoms with van der Waals surface area (Å²) in [4.78, 5) is 53.7. The van der Waals surface area contributed by atoms with Crippen LogP contribution in [0.3, 0.4) is 0 Å². The van der Waals surface area contributed by atoms with E-state index in [9.17, 15) is 45.9 Å². The van der Waals surface area contributed by atoms with Crippen LogP contribution in [0.5, 0.6) is 0 Å². The van der Waals surface area contributed by atoms with Crippen LogP contribution in [0.15, 0.2) is 52.3 Å². The molecule has 0 bridgehead atoms. The molecule has 4 N–H and O–H groups in total. The van der Waals surface area contributed by atoms with Gasteiger partial charge in [0, 0.05) is 31.1 Å². The fourth-order valence-corrected chi connectivity index (χ4v) is 7.46. The van der Waals surface area contributed by atoms with Crippen molar-refractivity contribution < 1.29 is 45.9 Å². The van der Waals surface area contributed by atoms with Gasteiger partial charge in [0.2, 0.25) is 5.91 Å². The lowest BCUT2D eigenvalue weighted by atomic mass is 9.93. The Morgan fingerprint density at radius 1 is 1.00 bits per heavy atom. The number of halogens is 3. The van der Waals surface area contributed by atoms with E-state index in [1.54, 1.807) is 12.1 Å². The number of alkyl halides is 3. The number of urea groups is 1. The Balaban J connectivity index is 1.46. The minimum Gasteiger partial charge on any atom is -0.465 e. The molecule has 0 spiro atoms. The van der Waals surface area contributed by atoms with Gasteiger partial charge in [-0.3, -0.25) is 9.59 Å². The molecule has 2 heterocycles. The van der Waals surface area contributed by atoms with Crippen molar-refractivity contribution in [1.29, 1.82) is 0 Å². The summed E-state index contributed by atoms with van der Waals surface area (Å²) in [6.07, 6.45) is -2.52. The van der Waals surface area contributed by atoms with E-state index in [2.05, 4.69) is 16.0 Å². The average Bonchev–Trinajstić information content (AvgIpc) is 3.56. The van der Waals surface area contributed by atoms with Gasteiger partial charge in [-0.1, -0.05) is 0 Å². The molecule has 12 nitrogen and oxygen atoms in total. The number of nitrogens with zero attached hydrogens (tertiary/aromatic N) is 2. The Labute approximate surface area is 268 Å². The van der Waals surface area contributed by atoms with Crippen molar-refractivity contribution in [1.82, 2.24) is 20.4 Å². The molecule has 250 valence electrons. The minimum absolute atomic E-state index is 0.0471. The summed E-state index contributed by atoms with van der Waals surface area (Å²) in [5.41, 5.74) is -1.83. The van der Waals surface area contributed by atoms with Gasteiger partial charge in [0.25, 0.3) is 5.91 Å². The van der Waals surface area contributed by atoms with Gasteiger partial charge >= 0.3 is 18.3 Å². The summed E-state index contributed by atoms with van der Waals surface area (Å²) in [7, 11) is -3.82. The third-order valence-electron chi connectivity index (χ3n) is 7.86. The predicted octanol–water partition coefficient (Wildman–Crippen LogP) is 3.74. The smallest absolute Gasteiger partial charge is 0.416 e. The zero-order chi connectivity index (χ0) is 33.6. The van der Waals surface area contributed by atoms with Crippen LogP contribution in [-0.4, -0.2) is 98.0 Å². The number of amides is 5. The number of benzene rings is 2. The van der Waals surface area contributed by atoms with Gasteiger partial charge < -0.3 is 30.9 Å². The van der Waals surface area contributed by atoms with E-state index in [0.29, 0.717) is 19.2 Å². The van der Waals surface area contributed by atoms with Crippen LogP contribution in [0.4, 0.5) is 28.4 Å². The van der Waals surface area contributed by atoms with Crippen molar-refractivity contribution in [2.24, 2.45) is 5.92 Å². The van der Waals surface area contributed by atoms with E-state index in [0.717, 1.165) is 34.8 Å². The van der Waals surface area contributed by atoms with Gasteiger partial charge in [0.1, 0.15) is 0 Å². The Morgan fingerprint density at radius 2 is 1.67 bits per heavy atom. The number of hydrogen-bond donors (Lipinski definition) is 4. The maximum absolute atomic E-state index is 13.4. The Bertz CT molecular complexity index is 1570. The molecular weight excluding hydrogens is 651 g/mol. The van der Waals surface area contributed by atoms with E-state index in [-0.39, 0.29) is 35.8 Å². The van der Waals surface area contributed by atoms with Crippen molar-refractivity contribution in [2.45, 2.75) is 41.3 Å². The number of rotatable bonds is 9. The molecule has 5 amide bonds. The first-order valence-corrected chi connectivity index (χ1v) is 17.2. The van der Waals surface area contributed by atoms with Crippen molar-refractivity contribution in [3.05, 3.63) is 53.6 Å². The molecule has 0 aromatic heterocycles. The molecule has 1 unspecified atom stereocenters. The third kappa shape index (κ3) is 8.84. The Hall–Kier alpha value is -3.99. The standard InChI is InChI=1S/C29H34F3N5O7S2/c1-45-20-5-7-21(8-6-20)46(43,44)17-18-10-13-37(28(41)42)16-24(18)34-25(38)15-33-26(39)22-14-19(29(30,31)32)4-9-23(22)35-27(40)36-11-2-3-12-36/h4-9,14,18,24H,2-3,10-13,15-17H2,1H3,(H,33,39)(H,34,38)(H,35,40)(H,41,42)/t18-,24?/m0/s1. The second-order valence-electron chi connectivity index (χ2n) is 11.0. The van der Waals surface area contributed by atoms with E-state index in [1.807, 2.05) is 6.26 Å². The summed E-state index contributed by atoms with van der Waals surface area (Å²) >= 11 is 1.45. The van der Waals surface area contributed by atoms with Crippen molar-refractivity contribution >= 4 is 51.2 Å². The summed E-state index contributed by atoms with van der Waals surface area (Å²) < 4.78 is 66.7. The summed E-state index contributed by atoms with van der Waals surface area (Å²) in [5.74, 6) is -2.93. The molecule has 0 radical (unpaired) electrons. The SMILES string of the molecule is CSc1ccc(S(=O)(=O)C[C@@H]2CCN(C(=O)O)CC2NC(=O)CNC(=O)c2cc(C(F)(F)F)ccc2NC(=O)N2CCCC2)cc1. The number of piperidine rings is 1. The molecule has 2 aromatic carbocycles. The van der Waals surface area contributed by atoms with Crippen LogP contribution < -0.4 is 16.0 Å². The van der Waals surface area contributed by atoms with Crippen LogP contribution in [0.2, 0.25) is 0 Å². The van der Waals surface area contributed by atoms with E-state index >= 15 is 0 Å². The maximum Gasteiger partial charge on any atom is 0.416 e. The highest BCUT2D eigenvalue weighted by molar-refractivity contribution is 7.98. The number of carboxylic acid groups (broad SMARTS) is 1. The van der Waals surface area contributed by atoms with Crippen LogP contribution in [0, 0.1) is 5.92 Å². The van der Waals surface area contributed by atoms with Crippen LogP contribution in [0.25, 0.3) is 0 Å². The van der Waals surface area contributed by atoms with E-state index in [4.69, 9.17) is 0 Å². The highest BCUT2D eigenvalue weighted by atomic mass is 32.2. The monoisotopic (exact) mass is 685 g/mol. The predicted molar refractivity (Wildman–Crippen MR) is 164 cm³/mol. The normalized spacial score (nSPS) is 18.6. The first kappa shape index (κ1) is 34.9. The number of anilines is 1. The maximum atomic E-state index is 13.4. The molecular formula is C29H34F3N5O7S2. The van der Waals surface area contributed by atoms with Gasteiger partial charge in [0.05, 0.1) is 40.0 Å². The largest absolute Gasteiger partial charge is 0.465 e. The van der Waals surface area contributed by atoms with Gasteiger partial charge in [0.15, 0.2) is 9.84 Å². The number of sulfone groups is 1. The molecule has 4 rings (SSSR count). The lowest BCUT2D eigenvalue weighted by Gasteiger charge is -2.37. The van der Waals surface area contributed by atoms with Crippen molar-refractivity contribution in [2.75, 3.05) is 50.0 Å². The first-order valence-electron chi connectivity index (χ1n) is 14.4. The lowest BCUT2D eigenvalue weighted by Crippen LogP contribution is -2.56. The van der Waals surface area contributed by atoms with E-state index in [1.165, 1.54) is 28.8 Å². The summed E-state index contributed by atoms with van der Waals surface area (Å²) in [5, 5.41) is 16.8. The Kier molecular flexibility index (Phi) is 11.1.